The van der Waals surface area contributed by atoms with Gasteiger partial charge in [-0.25, -0.2) is 0 Å². The van der Waals surface area contributed by atoms with Crippen molar-refractivity contribution in [3.05, 3.63) is 0 Å². The number of ether oxygens (including phenoxy) is 4. The largest absolute Gasteiger partial charge is 0.372 e. The van der Waals surface area contributed by atoms with Gasteiger partial charge in [0, 0.05) is 40.4 Å². The van der Waals surface area contributed by atoms with Crippen molar-refractivity contribution in [1.82, 2.24) is 9.80 Å². The maximum atomic E-state index is 5.45. The third-order valence-electron chi connectivity index (χ3n) is 3.93. The minimum absolute atomic E-state index is 0.348. The zero-order valence-electron chi connectivity index (χ0n) is 17.7. The first-order chi connectivity index (χ1) is 14.4. The molecule has 1 aliphatic rings. The first-order valence-electron chi connectivity index (χ1n) is 9.82. The normalized spacial score (nSPS) is 14.1. The lowest BCUT2D eigenvalue weighted by atomic mass is 10.3. The molecule has 0 aliphatic carbocycles. The van der Waals surface area contributed by atoms with Crippen LogP contribution in [-0.4, -0.2) is 103 Å². The third kappa shape index (κ3) is 15.6. The van der Waals surface area contributed by atoms with Gasteiger partial charge in [0.1, 0.15) is 26.4 Å². The lowest BCUT2D eigenvalue weighted by molar-refractivity contribution is 0.0749. The summed E-state index contributed by atoms with van der Waals surface area (Å²) in [7, 11) is 3.26. The van der Waals surface area contributed by atoms with E-state index in [9.17, 15) is 0 Å². The molecule has 158 valence electrons. The molecule has 1 fully saturated rings. The molecule has 0 aromatic rings. The van der Waals surface area contributed by atoms with Crippen molar-refractivity contribution in [1.29, 1.82) is 0 Å². The van der Waals surface area contributed by atoms with E-state index in [4.69, 9.17) is 18.9 Å². The molecule has 1 aliphatic heterocycles. The van der Waals surface area contributed by atoms with Gasteiger partial charge in [0.2, 0.25) is 0 Å². The van der Waals surface area contributed by atoms with E-state index in [1.54, 1.807) is 14.2 Å². The summed E-state index contributed by atoms with van der Waals surface area (Å²) in [6.07, 6.45) is 1.14. The number of hydrogen-bond donors (Lipinski definition) is 0. The van der Waals surface area contributed by atoms with Crippen LogP contribution < -0.4 is 0 Å². The average Bonchev–Trinajstić information content (AvgIpc) is 2.97. The first-order valence-corrected chi connectivity index (χ1v) is 9.82. The Balaban J connectivity index is 2.03. The minimum Gasteiger partial charge on any atom is -0.372 e. The Morgan fingerprint density at radius 2 is 1.07 bits per heavy atom. The molecule has 0 atom stereocenters. The van der Waals surface area contributed by atoms with Crippen molar-refractivity contribution in [3.63, 3.8) is 0 Å². The molecule has 0 amide bonds. The van der Waals surface area contributed by atoms with Crippen LogP contribution in [0.3, 0.4) is 0 Å². The van der Waals surface area contributed by atoms with Gasteiger partial charge in [0.25, 0.3) is 0 Å². The van der Waals surface area contributed by atoms with Gasteiger partial charge in [0.15, 0.2) is 0 Å². The fraction of sp³-hybridized carbons (Fsp3) is 0.652. The monoisotopic (exact) mass is 400 g/mol. The van der Waals surface area contributed by atoms with Gasteiger partial charge in [-0.05, 0) is 18.3 Å². The lowest BCUT2D eigenvalue weighted by Gasteiger charge is -2.18. The second-order valence-electron chi connectivity index (χ2n) is 6.19. The van der Waals surface area contributed by atoms with Crippen molar-refractivity contribution < 1.29 is 18.9 Å². The molecule has 0 bridgehead atoms. The Labute approximate surface area is 176 Å². The first kappa shape index (κ1) is 25.0. The summed E-state index contributed by atoms with van der Waals surface area (Å²) in [4.78, 5) is 4.77. The van der Waals surface area contributed by atoms with E-state index >= 15 is 0 Å². The highest BCUT2D eigenvalue weighted by molar-refractivity contribution is 5.26. The molecular formula is C23H32N2O4. The molecule has 0 radical (unpaired) electrons. The van der Waals surface area contributed by atoms with Crippen LogP contribution in [0, 0.1) is 47.4 Å². The summed E-state index contributed by atoms with van der Waals surface area (Å²) in [5.41, 5.74) is 0. The summed E-state index contributed by atoms with van der Waals surface area (Å²) < 4.78 is 20.5. The average molecular weight is 401 g/mol. The molecule has 1 heterocycles. The van der Waals surface area contributed by atoms with Crippen molar-refractivity contribution in [2.24, 2.45) is 0 Å². The molecule has 6 heteroatoms. The fourth-order valence-electron chi connectivity index (χ4n) is 2.45. The lowest BCUT2D eigenvalue weighted by Crippen LogP contribution is -2.31. The number of rotatable bonds is 9. The van der Waals surface area contributed by atoms with Crippen LogP contribution in [0.5, 0.6) is 0 Å². The second-order valence-corrected chi connectivity index (χ2v) is 6.19. The molecule has 29 heavy (non-hydrogen) atoms. The Morgan fingerprint density at radius 3 is 1.66 bits per heavy atom. The second kappa shape index (κ2) is 19.3. The van der Waals surface area contributed by atoms with Gasteiger partial charge < -0.3 is 18.9 Å². The molecule has 0 N–H and O–H groups in total. The van der Waals surface area contributed by atoms with Crippen LogP contribution in [0.15, 0.2) is 0 Å². The Morgan fingerprint density at radius 1 is 0.586 bits per heavy atom. The Hall–Kier alpha value is -2.00. The van der Waals surface area contributed by atoms with Crippen LogP contribution in [0.25, 0.3) is 0 Å². The minimum atomic E-state index is 0.348. The van der Waals surface area contributed by atoms with Crippen molar-refractivity contribution >= 4 is 0 Å². The van der Waals surface area contributed by atoms with Crippen LogP contribution in [-0.2, 0) is 18.9 Å². The Kier molecular flexibility index (Phi) is 16.7. The number of nitrogens with zero attached hydrogens (tertiary/aromatic N) is 2. The van der Waals surface area contributed by atoms with E-state index in [0.717, 1.165) is 45.7 Å². The van der Waals surface area contributed by atoms with Crippen LogP contribution >= 0.6 is 0 Å². The highest BCUT2D eigenvalue weighted by atomic mass is 16.5. The van der Waals surface area contributed by atoms with E-state index in [2.05, 4.69) is 57.2 Å². The van der Waals surface area contributed by atoms with Crippen LogP contribution in [0.4, 0.5) is 0 Å². The van der Waals surface area contributed by atoms with Gasteiger partial charge in [0.05, 0.1) is 26.3 Å². The standard InChI is InChI=1S/C23H32N2O4/c1-26-18-7-3-4-8-20-28-22-23-29-21-10-6-13-25-15-11-14-24(16-17-25)12-5-9-19-27-2/h11-23H2,1-2H3. The highest BCUT2D eigenvalue weighted by Crippen LogP contribution is 2.01. The quantitative estimate of drug-likeness (QED) is 0.411. The molecular weight excluding hydrogens is 368 g/mol. The van der Waals surface area contributed by atoms with Crippen LogP contribution in [0.1, 0.15) is 6.42 Å². The Bertz CT molecular complexity index is 664. The van der Waals surface area contributed by atoms with E-state index < -0.39 is 0 Å². The van der Waals surface area contributed by atoms with Crippen molar-refractivity contribution in [2.45, 2.75) is 6.42 Å². The summed E-state index contributed by atoms with van der Waals surface area (Å²) in [5.74, 6) is 23.4. The summed E-state index contributed by atoms with van der Waals surface area (Å²) in [5, 5.41) is 0. The van der Waals surface area contributed by atoms with E-state index in [-0.39, 0.29) is 0 Å². The number of hydrogen-bond acceptors (Lipinski definition) is 6. The van der Waals surface area contributed by atoms with E-state index in [1.165, 1.54) is 0 Å². The number of methoxy groups -OCH3 is 2. The predicted octanol–water partition coefficient (Wildman–Crippen LogP) is 0.334. The molecule has 0 saturated carbocycles. The molecule has 1 saturated heterocycles. The highest BCUT2D eigenvalue weighted by Gasteiger charge is 2.12. The van der Waals surface area contributed by atoms with Gasteiger partial charge in [-0.1, -0.05) is 35.5 Å². The van der Waals surface area contributed by atoms with Gasteiger partial charge in [-0.15, -0.1) is 0 Å². The van der Waals surface area contributed by atoms with Crippen molar-refractivity contribution in [3.8, 4) is 47.4 Å². The maximum absolute atomic E-state index is 5.45. The summed E-state index contributed by atoms with van der Waals surface area (Å²) in [6.45, 7) is 8.46. The topological polar surface area (TPSA) is 43.4 Å². The molecule has 0 spiro atoms. The van der Waals surface area contributed by atoms with E-state index in [0.29, 0.717) is 39.6 Å². The molecule has 1 rings (SSSR count). The third-order valence-corrected chi connectivity index (χ3v) is 3.93. The SMILES string of the molecule is COCC#CC#CCOCCOCC#CCN1CCCN(CC#CCOC)CC1. The van der Waals surface area contributed by atoms with Gasteiger partial charge >= 0.3 is 0 Å². The molecule has 0 aromatic carbocycles. The zero-order valence-corrected chi connectivity index (χ0v) is 17.7. The molecule has 6 nitrogen and oxygen atoms in total. The fourth-order valence-corrected chi connectivity index (χ4v) is 2.45. The summed E-state index contributed by atoms with van der Waals surface area (Å²) in [6, 6.07) is 0. The zero-order chi connectivity index (χ0) is 20.8. The van der Waals surface area contributed by atoms with Crippen LogP contribution in [0.2, 0.25) is 0 Å². The summed E-state index contributed by atoms with van der Waals surface area (Å²) >= 11 is 0. The smallest absolute Gasteiger partial charge is 0.108 e. The molecule has 0 unspecified atom stereocenters. The van der Waals surface area contributed by atoms with Crippen molar-refractivity contribution in [2.75, 3.05) is 93.1 Å². The van der Waals surface area contributed by atoms with Gasteiger partial charge in [-0.2, -0.15) is 0 Å². The van der Waals surface area contributed by atoms with Gasteiger partial charge in [-0.3, -0.25) is 9.80 Å². The van der Waals surface area contributed by atoms with E-state index in [1.807, 2.05) is 0 Å². The maximum Gasteiger partial charge on any atom is 0.108 e. The molecule has 0 aromatic heterocycles. The predicted molar refractivity (Wildman–Crippen MR) is 114 cm³/mol.